The van der Waals surface area contributed by atoms with Crippen LogP contribution in [0, 0.1) is 17.2 Å². The van der Waals surface area contributed by atoms with Crippen LogP contribution in [0.2, 0.25) is 0 Å². The van der Waals surface area contributed by atoms with E-state index >= 15 is 0 Å². The van der Waals surface area contributed by atoms with Crippen LogP contribution in [-0.4, -0.2) is 15.4 Å². The highest BCUT2D eigenvalue weighted by Crippen LogP contribution is 2.23. The summed E-state index contributed by atoms with van der Waals surface area (Å²) in [6, 6.07) is 8.02. The van der Waals surface area contributed by atoms with Crippen molar-refractivity contribution < 1.29 is 0 Å². The molecular formula is C16H20ClN3. The molecule has 3 nitrogen and oxygen atoms in total. The van der Waals surface area contributed by atoms with Crippen LogP contribution in [0.3, 0.4) is 0 Å². The van der Waals surface area contributed by atoms with Crippen molar-refractivity contribution in [2.45, 2.75) is 39.7 Å². The molecule has 0 radical (unpaired) electrons. The van der Waals surface area contributed by atoms with Crippen molar-refractivity contribution in [2.75, 3.05) is 5.88 Å². The first-order valence-electron chi connectivity index (χ1n) is 7.19. The Bertz CT molecular complexity index is 620. The first-order valence-corrected chi connectivity index (χ1v) is 7.72. The Kier molecular flexibility index (Phi) is 5.03. The number of nitriles is 1. The number of aromatic nitrogens is 2. The summed E-state index contributed by atoms with van der Waals surface area (Å²) in [5, 5.41) is 9.21. The minimum atomic E-state index is 0.550. The van der Waals surface area contributed by atoms with Gasteiger partial charge in [0.1, 0.15) is 17.4 Å². The molecule has 1 aromatic carbocycles. The van der Waals surface area contributed by atoms with E-state index in [1.807, 2.05) is 18.2 Å². The minimum Gasteiger partial charge on any atom is -0.328 e. The zero-order valence-corrected chi connectivity index (χ0v) is 12.8. The van der Waals surface area contributed by atoms with Gasteiger partial charge in [-0.1, -0.05) is 32.8 Å². The SMILES string of the molecule is CCC(CC)Cn1c(CCCl)nc2c(C#N)cccc21. The summed E-state index contributed by atoms with van der Waals surface area (Å²) in [5.41, 5.74) is 2.50. The normalized spacial score (nSPS) is 11.2. The van der Waals surface area contributed by atoms with Gasteiger partial charge >= 0.3 is 0 Å². The molecule has 2 rings (SSSR count). The predicted octanol–water partition coefficient (Wildman–Crippen LogP) is 4.13. The van der Waals surface area contributed by atoms with Gasteiger partial charge in [0, 0.05) is 18.8 Å². The van der Waals surface area contributed by atoms with E-state index in [0.717, 1.165) is 42.7 Å². The molecule has 0 spiro atoms. The van der Waals surface area contributed by atoms with Crippen LogP contribution in [0.15, 0.2) is 18.2 Å². The Morgan fingerprint density at radius 3 is 2.70 bits per heavy atom. The van der Waals surface area contributed by atoms with Gasteiger partial charge in [-0.25, -0.2) is 4.98 Å². The average molecular weight is 290 g/mol. The fourth-order valence-corrected chi connectivity index (χ4v) is 2.74. The fourth-order valence-electron chi connectivity index (χ4n) is 2.57. The standard InChI is InChI=1S/C16H20ClN3/c1-3-12(4-2)11-20-14-7-5-6-13(10-18)16(14)19-15(20)8-9-17/h5-7,12H,3-4,8-9,11H2,1-2H3. The highest BCUT2D eigenvalue weighted by atomic mass is 35.5. The van der Waals surface area contributed by atoms with Crippen LogP contribution < -0.4 is 0 Å². The van der Waals surface area contributed by atoms with Crippen LogP contribution >= 0.6 is 11.6 Å². The molecule has 0 aliphatic rings. The Morgan fingerprint density at radius 1 is 1.35 bits per heavy atom. The third-order valence-corrected chi connectivity index (χ3v) is 4.08. The monoisotopic (exact) mass is 289 g/mol. The van der Waals surface area contributed by atoms with E-state index in [9.17, 15) is 5.26 Å². The lowest BCUT2D eigenvalue weighted by molar-refractivity contribution is 0.417. The van der Waals surface area contributed by atoms with E-state index in [2.05, 4.69) is 29.5 Å². The molecule has 0 atom stereocenters. The number of aryl methyl sites for hydroxylation is 1. The van der Waals surface area contributed by atoms with Crippen LogP contribution in [0.4, 0.5) is 0 Å². The quantitative estimate of drug-likeness (QED) is 0.751. The zero-order chi connectivity index (χ0) is 14.5. The second-order valence-corrected chi connectivity index (χ2v) is 5.42. The number of nitrogens with zero attached hydrogens (tertiary/aromatic N) is 3. The largest absolute Gasteiger partial charge is 0.328 e. The number of alkyl halides is 1. The van der Waals surface area contributed by atoms with Gasteiger partial charge in [0.15, 0.2) is 0 Å². The van der Waals surface area contributed by atoms with Gasteiger partial charge in [-0.05, 0) is 18.1 Å². The van der Waals surface area contributed by atoms with Crippen molar-refractivity contribution in [2.24, 2.45) is 5.92 Å². The van der Waals surface area contributed by atoms with E-state index in [1.165, 1.54) is 0 Å². The molecule has 0 saturated heterocycles. The summed E-state index contributed by atoms with van der Waals surface area (Å²) in [4.78, 5) is 4.65. The summed E-state index contributed by atoms with van der Waals surface area (Å²) in [7, 11) is 0. The number of fused-ring (bicyclic) bond motifs is 1. The Balaban J connectivity index is 2.54. The first-order chi connectivity index (χ1) is 9.74. The lowest BCUT2D eigenvalue weighted by atomic mass is 10.0. The molecule has 0 amide bonds. The first kappa shape index (κ1) is 14.9. The van der Waals surface area contributed by atoms with Crippen LogP contribution in [0.1, 0.15) is 38.1 Å². The second kappa shape index (κ2) is 6.76. The minimum absolute atomic E-state index is 0.550. The number of hydrogen-bond donors (Lipinski definition) is 0. The molecule has 106 valence electrons. The molecule has 1 heterocycles. The molecule has 0 N–H and O–H groups in total. The fraction of sp³-hybridized carbons (Fsp3) is 0.500. The average Bonchev–Trinajstić information content (AvgIpc) is 2.82. The molecule has 0 aliphatic heterocycles. The molecule has 0 bridgehead atoms. The van der Waals surface area contributed by atoms with Gasteiger partial charge in [0.2, 0.25) is 0 Å². The third-order valence-electron chi connectivity index (χ3n) is 3.89. The Labute approximate surface area is 125 Å². The number of halogens is 1. The summed E-state index contributed by atoms with van der Waals surface area (Å²) >= 11 is 5.90. The number of benzene rings is 1. The highest BCUT2D eigenvalue weighted by molar-refractivity contribution is 6.17. The smallest absolute Gasteiger partial charge is 0.111 e. The maximum absolute atomic E-state index is 9.21. The third kappa shape index (κ3) is 2.81. The lowest BCUT2D eigenvalue weighted by Gasteiger charge is -2.16. The van der Waals surface area contributed by atoms with Gasteiger partial charge < -0.3 is 4.57 Å². The van der Waals surface area contributed by atoms with Crippen LogP contribution in [0.25, 0.3) is 11.0 Å². The van der Waals surface area contributed by atoms with Crippen molar-refractivity contribution in [3.63, 3.8) is 0 Å². The van der Waals surface area contributed by atoms with Crippen molar-refractivity contribution in [3.8, 4) is 6.07 Å². The molecule has 0 saturated carbocycles. The van der Waals surface area contributed by atoms with Gasteiger partial charge in [-0.15, -0.1) is 11.6 Å². The van der Waals surface area contributed by atoms with Gasteiger partial charge in [0.05, 0.1) is 11.1 Å². The number of rotatable bonds is 6. The van der Waals surface area contributed by atoms with Crippen LogP contribution in [0.5, 0.6) is 0 Å². The molecule has 0 aliphatic carbocycles. The maximum Gasteiger partial charge on any atom is 0.111 e. The summed E-state index contributed by atoms with van der Waals surface area (Å²) in [5.74, 6) is 2.17. The number of hydrogen-bond acceptors (Lipinski definition) is 2. The Morgan fingerprint density at radius 2 is 2.10 bits per heavy atom. The maximum atomic E-state index is 9.21. The van der Waals surface area contributed by atoms with E-state index in [-0.39, 0.29) is 0 Å². The summed E-state index contributed by atoms with van der Waals surface area (Å²) in [6.07, 6.45) is 3.03. The number of para-hydroxylation sites is 1. The van der Waals surface area contributed by atoms with Gasteiger partial charge in [0.25, 0.3) is 0 Å². The highest BCUT2D eigenvalue weighted by Gasteiger charge is 2.15. The van der Waals surface area contributed by atoms with E-state index in [4.69, 9.17) is 11.6 Å². The van der Waals surface area contributed by atoms with E-state index in [0.29, 0.717) is 17.4 Å². The summed E-state index contributed by atoms with van der Waals surface area (Å²) in [6.45, 7) is 5.38. The Hall–Kier alpha value is -1.53. The molecule has 0 unspecified atom stereocenters. The predicted molar refractivity (Wildman–Crippen MR) is 82.9 cm³/mol. The topological polar surface area (TPSA) is 41.6 Å². The number of imidazole rings is 1. The molecule has 1 aromatic heterocycles. The lowest BCUT2D eigenvalue weighted by Crippen LogP contribution is -2.12. The second-order valence-electron chi connectivity index (χ2n) is 5.05. The van der Waals surface area contributed by atoms with Crippen molar-refractivity contribution >= 4 is 22.6 Å². The molecule has 20 heavy (non-hydrogen) atoms. The van der Waals surface area contributed by atoms with Gasteiger partial charge in [-0.3, -0.25) is 0 Å². The van der Waals surface area contributed by atoms with Crippen molar-refractivity contribution in [1.29, 1.82) is 5.26 Å². The molecule has 0 fully saturated rings. The zero-order valence-electron chi connectivity index (χ0n) is 12.1. The molecule has 2 aromatic rings. The molecular weight excluding hydrogens is 270 g/mol. The van der Waals surface area contributed by atoms with E-state index in [1.54, 1.807) is 0 Å². The van der Waals surface area contributed by atoms with Crippen molar-refractivity contribution in [1.82, 2.24) is 9.55 Å². The van der Waals surface area contributed by atoms with Crippen molar-refractivity contribution in [3.05, 3.63) is 29.6 Å². The van der Waals surface area contributed by atoms with Crippen LogP contribution in [-0.2, 0) is 13.0 Å². The summed E-state index contributed by atoms with van der Waals surface area (Å²) < 4.78 is 2.25. The van der Waals surface area contributed by atoms with Gasteiger partial charge in [-0.2, -0.15) is 5.26 Å². The molecule has 4 heteroatoms. The van der Waals surface area contributed by atoms with E-state index < -0.39 is 0 Å².